The number of nitrogens with zero attached hydrogens (tertiary/aromatic N) is 3. The van der Waals surface area contributed by atoms with Crippen LogP contribution in [0.4, 0.5) is 11.4 Å². The van der Waals surface area contributed by atoms with Gasteiger partial charge in [0.1, 0.15) is 11.3 Å². The Kier molecular flexibility index (Phi) is 7.63. The average Bonchev–Trinajstić information content (AvgIpc) is 2.92. The van der Waals surface area contributed by atoms with Crippen LogP contribution in [0.25, 0.3) is 11.0 Å². The van der Waals surface area contributed by atoms with Gasteiger partial charge in [-0.3, -0.25) is 9.69 Å². The van der Waals surface area contributed by atoms with Crippen molar-refractivity contribution in [2.75, 3.05) is 75.5 Å². The second-order valence-corrected chi connectivity index (χ2v) is 9.03. The van der Waals surface area contributed by atoms with Gasteiger partial charge in [-0.2, -0.15) is 0 Å². The number of benzene rings is 2. The van der Waals surface area contributed by atoms with Crippen LogP contribution in [-0.4, -0.2) is 70.6 Å². The number of fused-ring (bicyclic) bond motifs is 1. The molecule has 0 aliphatic carbocycles. The lowest BCUT2D eigenvalue weighted by molar-refractivity contribution is 0.0308. The summed E-state index contributed by atoms with van der Waals surface area (Å²) < 4.78 is 23.5. The van der Waals surface area contributed by atoms with Gasteiger partial charge in [0.05, 0.1) is 49.7 Å². The highest BCUT2D eigenvalue weighted by Gasteiger charge is 2.25. The molecule has 2 saturated heterocycles. The van der Waals surface area contributed by atoms with Crippen LogP contribution in [0.3, 0.4) is 0 Å². The van der Waals surface area contributed by atoms with Crippen molar-refractivity contribution in [1.82, 2.24) is 4.90 Å². The van der Waals surface area contributed by atoms with E-state index in [-0.39, 0.29) is 5.43 Å². The molecular weight excluding hydrogens is 458 g/mol. The third-order valence-electron chi connectivity index (χ3n) is 6.81. The molecule has 0 amide bonds. The van der Waals surface area contributed by atoms with Gasteiger partial charge in [0.25, 0.3) is 0 Å². The smallest absolute Gasteiger partial charge is 0.237 e. The second kappa shape index (κ2) is 11.2. The number of piperazine rings is 1. The molecule has 0 bridgehead atoms. The highest BCUT2D eigenvalue weighted by Crippen LogP contribution is 2.33. The summed E-state index contributed by atoms with van der Waals surface area (Å²) in [4.78, 5) is 20.6. The normalized spacial score (nSPS) is 16.9. The molecule has 36 heavy (non-hydrogen) atoms. The van der Waals surface area contributed by atoms with E-state index in [0.717, 1.165) is 56.4 Å². The zero-order chi connectivity index (χ0) is 24.9. The van der Waals surface area contributed by atoms with Gasteiger partial charge in [-0.25, -0.2) is 0 Å². The molecule has 8 heteroatoms. The highest BCUT2D eigenvalue weighted by atomic mass is 16.5. The highest BCUT2D eigenvalue weighted by molar-refractivity contribution is 5.91. The van der Waals surface area contributed by atoms with Gasteiger partial charge in [0.15, 0.2) is 5.76 Å². The van der Waals surface area contributed by atoms with Gasteiger partial charge in [-0.1, -0.05) is 18.2 Å². The summed E-state index contributed by atoms with van der Waals surface area (Å²) in [6, 6.07) is 14.0. The molecule has 2 fully saturated rings. The third kappa shape index (κ3) is 5.01. The predicted octanol–water partition coefficient (Wildman–Crippen LogP) is 3.75. The third-order valence-corrected chi connectivity index (χ3v) is 6.81. The van der Waals surface area contributed by atoms with Gasteiger partial charge in [-0.05, 0) is 38.1 Å². The minimum atomic E-state index is -0.0962. The molecule has 2 aliphatic heterocycles. The van der Waals surface area contributed by atoms with Crippen LogP contribution < -0.4 is 24.7 Å². The van der Waals surface area contributed by atoms with Crippen molar-refractivity contribution in [2.24, 2.45) is 0 Å². The Balaban J connectivity index is 1.42. The largest absolute Gasteiger partial charge is 0.492 e. The maximum Gasteiger partial charge on any atom is 0.237 e. The first-order valence-electron chi connectivity index (χ1n) is 12.9. The minimum absolute atomic E-state index is 0.0962. The van der Waals surface area contributed by atoms with E-state index in [1.807, 2.05) is 50.2 Å². The zero-order valence-corrected chi connectivity index (χ0v) is 21.2. The molecule has 0 radical (unpaired) electrons. The Hall–Kier alpha value is -3.23. The summed E-state index contributed by atoms with van der Waals surface area (Å²) in [6.45, 7) is 11.7. The van der Waals surface area contributed by atoms with Crippen LogP contribution in [0.15, 0.2) is 51.7 Å². The first-order valence-corrected chi connectivity index (χ1v) is 12.9. The van der Waals surface area contributed by atoms with Crippen molar-refractivity contribution < 1.29 is 18.6 Å². The van der Waals surface area contributed by atoms with Gasteiger partial charge in [0, 0.05) is 39.3 Å². The standard InChI is InChI=1S/C28H35N3O5/c1-3-34-23-10-6-5-8-21(23)30-12-14-31(15-13-30)22-9-7-11-24-26(22)27(32)28(35-4-2)25(36-24)20-29-16-18-33-19-17-29/h5-11H,3-4,12-20H2,1-2H3. The number of para-hydroxylation sites is 2. The molecule has 2 aliphatic rings. The van der Waals surface area contributed by atoms with E-state index in [1.165, 1.54) is 0 Å². The molecule has 5 rings (SSSR count). The van der Waals surface area contributed by atoms with Gasteiger partial charge >= 0.3 is 0 Å². The molecule has 0 unspecified atom stereocenters. The summed E-state index contributed by atoms with van der Waals surface area (Å²) in [6.07, 6.45) is 0. The van der Waals surface area contributed by atoms with E-state index in [9.17, 15) is 4.79 Å². The molecule has 192 valence electrons. The molecular formula is C28H35N3O5. The lowest BCUT2D eigenvalue weighted by Gasteiger charge is -2.38. The van der Waals surface area contributed by atoms with Crippen molar-refractivity contribution in [3.05, 3.63) is 58.4 Å². The molecule has 3 heterocycles. The Morgan fingerprint density at radius 2 is 1.47 bits per heavy atom. The lowest BCUT2D eigenvalue weighted by Crippen LogP contribution is -2.47. The van der Waals surface area contributed by atoms with Crippen LogP contribution in [0.5, 0.6) is 11.5 Å². The van der Waals surface area contributed by atoms with Crippen molar-refractivity contribution >= 4 is 22.3 Å². The number of rotatable bonds is 8. The summed E-state index contributed by atoms with van der Waals surface area (Å²) in [7, 11) is 0. The molecule has 0 saturated carbocycles. The van der Waals surface area contributed by atoms with Crippen molar-refractivity contribution in [2.45, 2.75) is 20.4 Å². The Labute approximate surface area is 211 Å². The molecule has 0 spiro atoms. The van der Waals surface area contributed by atoms with Gasteiger partial charge in [0.2, 0.25) is 11.2 Å². The Bertz CT molecular complexity index is 1230. The topological polar surface area (TPSA) is 67.6 Å². The zero-order valence-electron chi connectivity index (χ0n) is 21.2. The average molecular weight is 494 g/mol. The number of hydrogen-bond acceptors (Lipinski definition) is 8. The minimum Gasteiger partial charge on any atom is -0.492 e. The van der Waals surface area contributed by atoms with E-state index in [0.29, 0.717) is 55.5 Å². The van der Waals surface area contributed by atoms with Gasteiger partial charge in [-0.15, -0.1) is 0 Å². The van der Waals surface area contributed by atoms with Crippen LogP contribution in [0, 0.1) is 0 Å². The fraction of sp³-hybridized carbons (Fsp3) is 0.464. The van der Waals surface area contributed by atoms with E-state index in [2.05, 4.69) is 20.8 Å². The van der Waals surface area contributed by atoms with Crippen molar-refractivity contribution in [3.8, 4) is 11.5 Å². The fourth-order valence-electron chi connectivity index (χ4n) is 5.06. The number of morpholine rings is 1. The number of anilines is 2. The molecule has 1 aromatic heterocycles. The summed E-state index contributed by atoms with van der Waals surface area (Å²) >= 11 is 0. The first-order chi connectivity index (χ1) is 17.7. The van der Waals surface area contributed by atoms with Crippen LogP contribution in [0.2, 0.25) is 0 Å². The van der Waals surface area contributed by atoms with E-state index in [1.54, 1.807) is 0 Å². The van der Waals surface area contributed by atoms with Crippen molar-refractivity contribution in [1.29, 1.82) is 0 Å². The predicted molar refractivity (Wildman–Crippen MR) is 142 cm³/mol. The summed E-state index contributed by atoms with van der Waals surface area (Å²) in [5, 5.41) is 0.592. The SMILES string of the molecule is CCOc1ccccc1N1CCN(c2cccc3oc(CN4CCOCC4)c(OCC)c(=O)c23)CC1. The number of hydrogen-bond donors (Lipinski definition) is 0. The maximum absolute atomic E-state index is 13.8. The fourth-order valence-corrected chi connectivity index (χ4v) is 5.06. The van der Waals surface area contributed by atoms with Crippen LogP contribution in [-0.2, 0) is 11.3 Å². The van der Waals surface area contributed by atoms with E-state index < -0.39 is 0 Å². The summed E-state index contributed by atoms with van der Waals surface area (Å²) in [5.41, 5.74) is 2.52. The number of ether oxygens (including phenoxy) is 3. The molecule has 8 nitrogen and oxygen atoms in total. The van der Waals surface area contributed by atoms with E-state index >= 15 is 0 Å². The van der Waals surface area contributed by atoms with E-state index in [4.69, 9.17) is 18.6 Å². The van der Waals surface area contributed by atoms with Crippen LogP contribution >= 0.6 is 0 Å². The lowest BCUT2D eigenvalue weighted by atomic mass is 10.1. The van der Waals surface area contributed by atoms with Crippen molar-refractivity contribution in [3.63, 3.8) is 0 Å². The molecule has 3 aromatic rings. The Morgan fingerprint density at radius 1 is 0.806 bits per heavy atom. The maximum atomic E-state index is 13.8. The van der Waals surface area contributed by atoms with Gasteiger partial charge < -0.3 is 28.4 Å². The molecule has 2 aromatic carbocycles. The Morgan fingerprint density at radius 3 is 2.19 bits per heavy atom. The molecule has 0 atom stereocenters. The van der Waals surface area contributed by atoms with Crippen LogP contribution in [0.1, 0.15) is 19.6 Å². The monoisotopic (exact) mass is 493 g/mol. The second-order valence-electron chi connectivity index (χ2n) is 9.03. The molecule has 0 N–H and O–H groups in total. The first kappa shape index (κ1) is 24.5. The summed E-state index contributed by atoms with van der Waals surface area (Å²) in [5.74, 6) is 1.83. The quantitative estimate of drug-likeness (QED) is 0.470.